The number of esters is 1. The third-order valence-electron chi connectivity index (χ3n) is 2.10. The number of aromatic nitrogens is 1. The van der Waals surface area contributed by atoms with Crippen LogP contribution in [0.5, 0.6) is 0 Å². The van der Waals surface area contributed by atoms with Crippen molar-refractivity contribution >= 4 is 5.97 Å². The van der Waals surface area contributed by atoms with Crippen molar-refractivity contribution < 1.29 is 24.1 Å². The first-order valence-corrected chi connectivity index (χ1v) is 5.17. The number of hydrogen-bond acceptors (Lipinski definition) is 5. The highest BCUT2D eigenvalue weighted by molar-refractivity contribution is 5.70. The van der Waals surface area contributed by atoms with Gasteiger partial charge in [-0.2, -0.15) is 0 Å². The summed E-state index contributed by atoms with van der Waals surface area (Å²) in [6, 6.07) is 2.36. The molecule has 0 fully saturated rings. The van der Waals surface area contributed by atoms with Crippen LogP contribution < -0.4 is 0 Å². The van der Waals surface area contributed by atoms with Crippen molar-refractivity contribution in [1.29, 1.82) is 0 Å². The van der Waals surface area contributed by atoms with E-state index < -0.39 is 24.0 Å². The summed E-state index contributed by atoms with van der Waals surface area (Å²) in [4.78, 5) is 14.7. The van der Waals surface area contributed by atoms with E-state index in [0.717, 1.165) is 12.3 Å². The summed E-state index contributed by atoms with van der Waals surface area (Å²) < 4.78 is 17.2. The standard InChI is InChI=1S/C11H14FNO4/c1-2-17-10(15)5-9(14)11(16)8-4-3-7(12)6-13-8/h3-4,6,9,11,14,16H,2,5H2,1H3. The topological polar surface area (TPSA) is 79.7 Å². The second kappa shape index (κ2) is 6.27. The van der Waals surface area contributed by atoms with Crippen molar-refractivity contribution in [2.75, 3.05) is 6.61 Å². The first-order chi connectivity index (χ1) is 8.04. The van der Waals surface area contributed by atoms with Crippen LogP contribution in [0.4, 0.5) is 4.39 Å². The fourth-order valence-electron chi connectivity index (χ4n) is 1.26. The Morgan fingerprint density at radius 1 is 1.53 bits per heavy atom. The molecular weight excluding hydrogens is 229 g/mol. The van der Waals surface area contributed by atoms with Crippen molar-refractivity contribution in [3.8, 4) is 0 Å². The van der Waals surface area contributed by atoms with E-state index in [2.05, 4.69) is 9.72 Å². The fourth-order valence-corrected chi connectivity index (χ4v) is 1.26. The van der Waals surface area contributed by atoms with E-state index >= 15 is 0 Å². The first kappa shape index (κ1) is 13.5. The summed E-state index contributed by atoms with van der Waals surface area (Å²) in [6.07, 6.45) is -2.09. The van der Waals surface area contributed by atoms with Crippen LogP contribution >= 0.6 is 0 Å². The van der Waals surface area contributed by atoms with Gasteiger partial charge in [0.2, 0.25) is 0 Å². The van der Waals surface area contributed by atoms with Crippen LogP contribution in [-0.2, 0) is 9.53 Å². The molecule has 2 N–H and O–H groups in total. The summed E-state index contributed by atoms with van der Waals surface area (Å²) in [5.41, 5.74) is 0.100. The van der Waals surface area contributed by atoms with Crippen LogP contribution in [-0.4, -0.2) is 33.9 Å². The van der Waals surface area contributed by atoms with E-state index in [0.29, 0.717) is 0 Å². The van der Waals surface area contributed by atoms with Crippen LogP contribution in [0.25, 0.3) is 0 Å². The van der Waals surface area contributed by atoms with Crippen molar-refractivity contribution in [2.45, 2.75) is 25.6 Å². The Bertz CT molecular complexity index is 368. The maximum absolute atomic E-state index is 12.6. The number of rotatable bonds is 5. The van der Waals surface area contributed by atoms with Gasteiger partial charge in [0.05, 0.1) is 31.0 Å². The van der Waals surface area contributed by atoms with E-state index in [1.165, 1.54) is 6.07 Å². The van der Waals surface area contributed by atoms with Crippen LogP contribution in [0.1, 0.15) is 25.1 Å². The summed E-state index contributed by atoms with van der Waals surface area (Å²) in [6.45, 7) is 1.85. The molecule has 1 aromatic rings. The molecule has 0 saturated carbocycles. The molecule has 0 bridgehead atoms. The summed E-state index contributed by atoms with van der Waals surface area (Å²) in [7, 11) is 0. The zero-order chi connectivity index (χ0) is 12.8. The lowest BCUT2D eigenvalue weighted by molar-refractivity contribution is -0.147. The van der Waals surface area contributed by atoms with Crippen molar-refractivity contribution in [1.82, 2.24) is 4.98 Å². The second-order valence-corrected chi connectivity index (χ2v) is 3.42. The van der Waals surface area contributed by atoms with Crippen LogP contribution in [0.2, 0.25) is 0 Å². The smallest absolute Gasteiger partial charge is 0.308 e. The Kier molecular flexibility index (Phi) is 4.99. The van der Waals surface area contributed by atoms with E-state index in [-0.39, 0.29) is 18.7 Å². The van der Waals surface area contributed by atoms with Crippen LogP contribution in [0, 0.1) is 5.82 Å². The van der Waals surface area contributed by atoms with E-state index in [9.17, 15) is 19.4 Å². The van der Waals surface area contributed by atoms with Gasteiger partial charge in [0, 0.05) is 0 Å². The average molecular weight is 243 g/mol. The number of halogens is 1. The van der Waals surface area contributed by atoms with Gasteiger partial charge < -0.3 is 14.9 Å². The summed E-state index contributed by atoms with van der Waals surface area (Å²) in [5.74, 6) is -1.15. The molecule has 0 aromatic carbocycles. The fraction of sp³-hybridized carbons (Fsp3) is 0.455. The number of ether oxygens (including phenoxy) is 1. The molecule has 6 heteroatoms. The quantitative estimate of drug-likeness (QED) is 0.739. The zero-order valence-corrected chi connectivity index (χ0v) is 9.34. The minimum Gasteiger partial charge on any atom is -0.466 e. The zero-order valence-electron chi connectivity index (χ0n) is 9.34. The maximum atomic E-state index is 12.6. The number of nitrogens with zero attached hydrogens (tertiary/aromatic N) is 1. The Morgan fingerprint density at radius 3 is 2.76 bits per heavy atom. The Hall–Kier alpha value is -1.53. The molecule has 5 nitrogen and oxygen atoms in total. The van der Waals surface area contributed by atoms with Crippen LogP contribution in [0.3, 0.4) is 0 Å². The molecule has 2 atom stereocenters. The van der Waals surface area contributed by atoms with Gasteiger partial charge in [-0.1, -0.05) is 0 Å². The largest absolute Gasteiger partial charge is 0.466 e. The van der Waals surface area contributed by atoms with Gasteiger partial charge in [-0.3, -0.25) is 9.78 Å². The van der Waals surface area contributed by atoms with Gasteiger partial charge >= 0.3 is 5.97 Å². The van der Waals surface area contributed by atoms with E-state index in [1.54, 1.807) is 6.92 Å². The molecule has 17 heavy (non-hydrogen) atoms. The minimum atomic E-state index is -1.35. The average Bonchev–Trinajstić information content (AvgIpc) is 2.29. The van der Waals surface area contributed by atoms with Gasteiger partial charge in [-0.25, -0.2) is 4.39 Å². The van der Waals surface area contributed by atoms with Gasteiger partial charge in [0.1, 0.15) is 11.9 Å². The van der Waals surface area contributed by atoms with Gasteiger partial charge in [0.15, 0.2) is 0 Å². The normalized spacial score (nSPS) is 14.1. The molecular formula is C11H14FNO4. The molecule has 94 valence electrons. The molecule has 1 rings (SSSR count). The van der Waals surface area contributed by atoms with Gasteiger partial charge in [-0.15, -0.1) is 0 Å². The molecule has 0 radical (unpaired) electrons. The summed E-state index contributed by atoms with van der Waals surface area (Å²) in [5, 5.41) is 19.2. The molecule has 1 aromatic heterocycles. The third kappa shape index (κ3) is 4.08. The van der Waals surface area contributed by atoms with Crippen molar-refractivity contribution in [3.63, 3.8) is 0 Å². The highest BCUT2D eigenvalue weighted by Crippen LogP contribution is 2.17. The summed E-state index contributed by atoms with van der Waals surface area (Å²) >= 11 is 0. The molecule has 1 heterocycles. The highest BCUT2D eigenvalue weighted by Gasteiger charge is 2.23. The number of carbonyl (C=O) groups is 1. The molecule has 0 amide bonds. The number of carbonyl (C=O) groups excluding carboxylic acids is 1. The van der Waals surface area contributed by atoms with Gasteiger partial charge in [-0.05, 0) is 19.1 Å². The lowest BCUT2D eigenvalue weighted by Crippen LogP contribution is -2.23. The first-order valence-electron chi connectivity index (χ1n) is 5.17. The number of hydrogen-bond donors (Lipinski definition) is 2. The number of aliphatic hydroxyl groups excluding tert-OH is 2. The molecule has 2 unspecified atom stereocenters. The van der Waals surface area contributed by atoms with Crippen molar-refractivity contribution in [2.24, 2.45) is 0 Å². The Balaban J connectivity index is 2.60. The number of pyridine rings is 1. The predicted octanol–water partition coefficient (Wildman–Crippen LogP) is 0.568. The Morgan fingerprint density at radius 2 is 2.24 bits per heavy atom. The minimum absolute atomic E-state index is 0.100. The second-order valence-electron chi connectivity index (χ2n) is 3.42. The molecule has 0 aliphatic carbocycles. The van der Waals surface area contributed by atoms with Gasteiger partial charge in [0.25, 0.3) is 0 Å². The van der Waals surface area contributed by atoms with E-state index in [4.69, 9.17) is 0 Å². The van der Waals surface area contributed by atoms with E-state index in [1.807, 2.05) is 0 Å². The van der Waals surface area contributed by atoms with Crippen molar-refractivity contribution in [3.05, 3.63) is 29.8 Å². The SMILES string of the molecule is CCOC(=O)CC(O)C(O)c1ccc(F)cn1. The predicted molar refractivity (Wildman–Crippen MR) is 56.4 cm³/mol. The van der Waals surface area contributed by atoms with Crippen LogP contribution in [0.15, 0.2) is 18.3 Å². The third-order valence-corrected chi connectivity index (χ3v) is 2.10. The molecule has 0 aliphatic heterocycles. The number of aliphatic hydroxyl groups is 2. The lowest BCUT2D eigenvalue weighted by atomic mass is 10.1. The monoisotopic (exact) mass is 243 g/mol. The molecule has 0 saturated heterocycles. The molecule has 0 spiro atoms. The highest BCUT2D eigenvalue weighted by atomic mass is 19.1. The maximum Gasteiger partial charge on any atom is 0.308 e. The lowest BCUT2D eigenvalue weighted by Gasteiger charge is -2.16. The Labute approximate surface area is 97.9 Å². The molecule has 0 aliphatic rings.